The normalized spacial score (nSPS) is 11.0. The highest BCUT2D eigenvalue weighted by Crippen LogP contribution is 2.22. The summed E-state index contributed by atoms with van der Waals surface area (Å²) in [7, 11) is 3.16. The Kier molecular flexibility index (Phi) is 3.31. The van der Waals surface area contributed by atoms with E-state index < -0.39 is 11.5 Å². The molecule has 1 aromatic heterocycles. The quantitative estimate of drug-likeness (QED) is 0.816. The van der Waals surface area contributed by atoms with Crippen LogP contribution in [0.3, 0.4) is 0 Å². The minimum absolute atomic E-state index is 0.401. The van der Waals surface area contributed by atoms with Crippen molar-refractivity contribution < 1.29 is 14.6 Å². The lowest BCUT2D eigenvalue weighted by Gasteiger charge is -2.32. The van der Waals surface area contributed by atoms with Crippen LogP contribution in [0.4, 0.5) is 5.82 Å². The Balaban J connectivity index is 3.04. The van der Waals surface area contributed by atoms with Crippen molar-refractivity contribution in [3.63, 3.8) is 0 Å². The van der Waals surface area contributed by atoms with E-state index in [1.54, 1.807) is 31.9 Å². The topological polar surface area (TPSA) is 75.5 Å². The number of aromatic nitrogens is 2. The van der Waals surface area contributed by atoms with Crippen LogP contribution >= 0.6 is 0 Å². The molecular weight excluding hydrogens is 210 g/mol. The second kappa shape index (κ2) is 4.34. The summed E-state index contributed by atoms with van der Waals surface area (Å²) >= 11 is 0. The Labute approximate surface area is 93.9 Å². The first-order valence-corrected chi connectivity index (χ1v) is 4.73. The van der Waals surface area contributed by atoms with E-state index in [1.807, 2.05) is 0 Å². The highest BCUT2D eigenvalue weighted by molar-refractivity contribution is 5.81. The van der Waals surface area contributed by atoms with Gasteiger partial charge in [-0.2, -0.15) is 0 Å². The van der Waals surface area contributed by atoms with Gasteiger partial charge in [0.05, 0.1) is 7.11 Å². The molecule has 0 fully saturated rings. The molecule has 0 aliphatic carbocycles. The summed E-state index contributed by atoms with van der Waals surface area (Å²) in [6, 6.07) is 1.59. The summed E-state index contributed by atoms with van der Waals surface area (Å²) in [5, 5.41) is 9.08. The molecule has 6 nitrogen and oxygen atoms in total. The molecule has 1 rings (SSSR count). The largest absolute Gasteiger partial charge is 0.481 e. The van der Waals surface area contributed by atoms with Crippen LogP contribution in [-0.4, -0.2) is 40.7 Å². The number of nitrogens with zero attached hydrogens (tertiary/aromatic N) is 3. The van der Waals surface area contributed by atoms with Crippen molar-refractivity contribution in [3.05, 3.63) is 12.4 Å². The monoisotopic (exact) mass is 225 g/mol. The van der Waals surface area contributed by atoms with Gasteiger partial charge in [-0.3, -0.25) is 0 Å². The Bertz CT molecular complexity index is 393. The fourth-order valence-corrected chi connectivity index (χ4v) is 1.05. The van der Waals surface area contributed by atoms with Crippen LogP contribution in [0, 0.1) is 0 Å². The molecule has 0 saturated carbocycles. The van der Waals surface area contributed by atoms with Gasteiger partial charge in [-0.1, -0.05) is 0 Å². The lowest BCUT2D eigenvalue weighted by molar-refractivity contribution is -0.142. The molecule has 1 N–H and O–H groups in total. The molecule has 1 heterocycles. The highest BCUT2D eigenvalue weighted by atomic mass is 16.5. The van der Waals surface area contributed by atoms with E-state index in [0.29, 0.717) is 11.7 Å². The van der Waals surface area contributed by atoms with Gasteiger partial charge in [0, 0.05) is 13.1 Å². The molecule has 0 unspecified atom stereocenters. The Morgan fingerprint density at radius 3 is 2.62 bits per heavy atom. The smallest absolute Gasteiger partial charge is 0.328 e. The minimum atomic E-state index is -1.04. The highest BCUT2D eigenvalue weighted by Gasteiger charge is 2.33. The lowest BCUT2D eigenvalue weighted by atomic mass is 10.0. The van der Waals surface area contributed by atoms with Gasteiger partial charge in [0.25, 0.3) is 0 Å². The van der Waals surface area contributed by atoms with E-state index in [0.717, 1.165) is 0 Å². The average Bonchev–Trinajstić information content (AvgIpc) is 2.27. The fourth-order valence-electron chi connectivity index (χ4n) is 1.05. The minimum Gasteiger partial charge on any atom is -0.481 e. The first-order chi connectivity index (χ1) is 7.39. The van der Waals surface area contributed by atoms with Crippen LogP contribution in [0.1, 0.15) is 13.8 Å². The molecule has 0 aliphatic heterocycles. The van der Waals surface area contributed by atoms with Crippen molar-refractivity contribution in [2.45, 2.75) is 19.4 Å². The molecule has 0 atom stereocenters. The van der Waals surface area contributed by atoms with E-state index in [-0.39, 0.29) is 0 Å². The number of ether oxygens (including phenoxy) is 1. The van der Waals surface area contributed by atoms with Crippen LogP contribution in [0.25, 0.3) is 0 Å². The third-order valence-corrected chi connectivity index (χ3v) is 2.54. The summed E-state index contributed by atoms with van der Waals surface area (Å²) in [4.78, 5) is 20.5. The Hall–Kier alpha value is -1.85. The van der Waals surface area contributed by atoms with Crippen molar-refractivity contribution in [1.82, 2.24) is 9.97 Å². The maximum absolute atomic E-state index is 11.1. The molecule has 0 aliphatic rings. The SMILES string of the molecule is COc1cc(N(C)C(C)(C)C(=O)O)ncn1. The van der Waals surface area contributed by atoms with E-state index in [1.165, 1.54) is 13.4 Å². The van der Waals surface area contributed by atoms with Crippen LogP contribution in [0.5, 0.6) is 5.88 Å². The van der Waals surface area contributed by atoms with E-state index in [4.69, 9.17) is 9.84 Å². The molecular formula is C10H15N3O3. The summed E-state index contributed by atoms with van der Waals surface area (Å²) in [6.07, 6.45) is 1.34. The van der Waals surface area contributed by atoms with Gasteiger partial charge >= 0.3 is 5.97 Å². The van der Waals surface area contributed by atoms with Gasteiger partial charge < -0.3 is 14.7 Å². The summed E-state index contributed by atoms with van der Waals surface area (Å²) in [6.45, 7) is 3.20. The van der Waals surface area contributed by atoms with Crippen LogP contribution < -0.4 is 9.64 Å². The number of likely N-dealkylation sites (N-methyl/N-ethyl adjacent to an activating group) is 1. The van der Waals surface area contributed by atoms with Gasteiger partial charge in [-0.25, -0.2) is 14.8 Å². The predicted octanol–water partition coefficient (Wildman–Crippen LogP) is 0.785. The van der Waals surface area contributed by atoms with E-state index in [9.17, 15) is 4.79 Å². The zero-order valence-corrected chi connectivity index (χ0v) is 9.76. The Morgan fingerprint density at radius 2 is 2.12 bits per heavy atom. The maximum Gasteiger partial charge on any atom is 0.328 e. The number of carboxylic acid groups (broad SMARTS) is 1. The number of anilines is 1. The van der Waals surface area contributed by atoms with Gasteiger partial charge in [0.2, 0.25) is 5.88 Å². The molecule has 1 aromatic rings. The third kappa shape index (κ3) is 2.21. The van der Waals surface area contributed by atoms with Gasteiger partial charge in [0.1, 0.15) is 17.7 Å². The molecule has 0 radical (unpaired) electrons. The number of carboxylic acids is 1. The number of hydrogen-bond acceptors (Lipinski definition) is 5. The first-order valence-electron chi connectivity index (χ1n) is 4.73. The van der Waals surface area contributed by atoms with Crippen LogP contribution in [0.15, 0.2) is 12.4 Å². The van der Waals surface area contributed by atoms with E-state index in [2.05, 4.69) is 9.97 Å². The molecule has 0 bridgehead atoms. The van der Waals surface area contributed by atoms with Crippen molar-refractivity contribution in [1.29, 1.82) is 0 Å². The molecule has 0 saturated heterocycles. The molecule has 6 heteroatoms. The molecule has 0 amide bonds. The molecule has 0 spiro atoms. The van der Waals surface area contributed by atoms with Crippen LogP contribution in [-0.2, 0) is 4.79 Å². The molecule has 16 heavy (non-hydrogen) atoms. The zero-order chi connectivity index (χ0) is 12.3. The van der Waals surface area contributed by atoms with Crippen molar-refractivity contribution in [2.24, 2.45) is 0 Å². The average molecular weight is 225 g/mol. The van der Waals surface area contributed by atoms with Gasteiger partial charge in [-0.15, -0.1) is 0 Å². The second-order valence-electron chi connectivity index (χ2n) is 3.84. The summed E-state index contributed by atoms with van der Waals surface area (Å²) in [5.41, 5.74) is -1.04. The van der Waals surface area contributed by atoms with E-state index >= 15 is 0 Å². The number of aliphatic carboxylic acids is 1. The predicted molar refractivity (Wildman–Crippen MR) is 58.7 cm³/mol. The maximum atomic E-state index is 11.1. The molecule has 88 valence electrons. The van der Waals surface area contributed by atoms with Crippen LogP contribution in [0.2, 0.25) is 0 Å². The summed E-state index contributed by atoms with van der Waals surface area (Å²) < 4.78 is 4.95. The fraction of sp³-hybridized carbons (Fsp3) is 0.500. The number of rotatable bonds is 4. The zero-order valence-electron chi connectivity index (χ0n) is 9.76. The summed E-state index contributed by atoms with van der Waals surface area (Å²) in [5.74, 6) is -0.0233. The van der Waals surface area contributed by atoms with Gasteiger partial charge in [0.15, 0.2) is 0 Å². The lowest BCUT2D eigenvalue weighted by Crippen LogP contribution is -2.48. The van der Waals surface area contributed by atoms with Crippen molar-refractivity contribution >= 4 is 11.8 Å². The first kappa shape index (κ1) is 12.2. The molecule has 0 aromatic carbocycles. The third-order valence-electron chi connectivity index (χ3n) is 2.54. The number of carbonyl (C=O) groups is 1. The Morgan fingerprint density at radius 1 is 1.50 bits per heavy atom. The second-order valence-corrected chi connectivity index (χ2v) is 3.84. The van der Waals surface area contributed by atoms with Crippen molar-refractivity contribution in [2.75, 3.05) is 19.1 Å². The standard InChI is InChI=1S/C10H15N3O3/c1-10(2,9(14)15)13(3)7-5-8(16-4)12-6-11-7/h5-6H,1-4H3,(H,14,15). The number of hydrogen-bond donors (Lipinski definition) is 1. The van der Waals surface area contributed by atoms with Gasteiger partial charge in [-0.05, 0) is 13.8 Å². The van der Waals surface area contributed by atoms with Crippen molar-refractivity contribution in [3.8, 4) is 5.88 Å². The number of methoxy groups -OCH3 is 1.